The van der Waals surface area contributed by atoms with E-state index in [0.29, 0.717) is 11.3 Å². The number of nitrogens with one attached hydrogen (secondary N) is 1. The summed E-state index contributed by atoms with van der Waals surface area (Å²) < 4.78 is 43.5. The first-order chi connectivity index (χ1) is 17.9. The van der Waals surface area contributed by atoms with E-state index in [1.54, 1.807) is 44.2 Å². The minimum absolute atomic E-state index is 0.0321. The predicted octanol–water partition coefficient (Wildman–Crippen LogP) is 3.92. The molecule has 8 nitrogen and oxygen atoms in total. The number of hydrogen-bond donors (Lipinski definition) is 1. The summed E-state index contributed by atoms with van der Waals surface area (Å²) in [6.45, 7) is 4.50. The second-order valence-electron chi connectivity index (χ2n) is 10.2. The van der Waals surface area contributed by atoms with Crippen LogP contribution in [-0.2, 0) is 26.3 Å². The van der Waals surface area contributed by atoms with Gasteiger partial charge in [0.25, 0.3) is 0 Å². The second-order valence-corrected chi connectivity index (χ2v) is 12.3. The Balaban J connectivity index is 1.96. The van der Waals surface area contributed by atoms with Gasteiger partial charge in [-0.25, -0.2) is 8.70 Å². The Labute approximate surface area is 226 Å². The normalized spacial score (nSPS) is 15.2. The molecule has 1 aliphatic carbocycles. The number of aryl methyl sites for hydroxylation is 2. The van der Waals surface area contributed by atoms with Crippen molar-refractivity contribution in [1.82, 2.24) is 14.5 Å². The highest BCUT2D eigenvalue weighted by atomic mass is 32.2. The number of benzene rings is 2. The van der Waals surface area contributed by atoms with Crippen molar-refractivity contribution in [3.63, 3.8) is 0 Å². The van der Waals surface area contributed by atoms with Crippen molar-refractivity contribution in [2.45, 2.75) is 71.5 Å². The molecular weight excluding hydrogens is 507 g/mol. The molecule has 1 N–H and O–H groups in total. The van der Waals surface area contributed by atoms with Gasteiger partial charge in [0, 0.05) is 32.2 Å². The van der Waals surface area contributed by atoms with E-state index in [-0.39, 0.29) is 24.1 Å². The topological polar surface area (TPSA) is 90.0 Å². The summed E-state index contributed by atoms with van der Waals surface area (Å²) in [4.78, 5) is 28.4. The Kier molecular flexibility index (Phi) is 9.89. The molecule has 1 atom stereocenters. The number of amides is 2. The number of halogens is 1. The van der Waals surface area contributed by atoms with Crippen LogP contribution in [0.4, 0.5) is 10.1 Å². The van der Waals surface area contributed by atoms with Crippen LogP contribution in [0.15, 0.2) is 42.5 Å². The van der Waals surface area contributed by atoms with Crippen LogP contribution in [0, 0.1) is 19.7 Å². The molecule has 0 unspecified atom stereocenters. The molecule has 0 heterocycles. The maximum atomic E-state index is 14.6. The minimum atomic E-state index is -4.07. The smallest absolute Gasteiger partial charge is 0.304 e. The Morgan fingerprint density at radius 3 is 2.34 bits per heavy atom. The number of carbonyl (C=O) groups excluding carboxylic acids is 2. The van der Waals surface area contributed by atoms with E-state index in [1.807, 2.05) is 13.0 Å². The first-order valence-corrected chi connectivity index (χ1v) is 14.4. The lowest BCUT2D eigenvalue weighted by atomic mass is 9.95. The molecule has 2 aromatic rings. The SMILES string of the molecule is Cc1ccc(C)c(N(CC(=O)N(Cc2ccccc2F)[C@@H](C)C(=O)NC2CCCCC2)S(=O)(=O)N(C)C)c1. The fourth-order valence-corrected chi connectivity index (χ4v) is 5.76. The average Bonchev–Trinajstić information content (AvgIpc) is 2.88. The van der Waals surface area contributed by atoms with Crippen LogP contribution in [0.5, 0.6) is 0 Å². The zero-order chi connectivity index (χ0) is 28.0. The third kappa shape index (κ3) is 7.11. The number of rotatable bonds is 10. The summed E-state index contributed by atoms with van der Waals surface area (Å²) in [5, 5.41) is 3.04. The molecule has 2 amide bonds. The molecule has 3 rings (SSSR count). The van der Waals surface area contributed by atoms with Crippen molar-refractivity contribution >= 4 is 27.7 Å². The highest BCUT2D eigenvalue weighted by Crippen LogP contribution is 2.26. The van der Waals surface area contributed by atoms with E-state index in [0.717, 1.165) is 46.3 Å². The summed E-state index contributed by atoms with van der Waals surface area (Å²) in [6.07, 6.45) is 4.95. The zero-order valence-electron chi connectivity index (χ0n) is 22.9. The predicted molar refractivity (Wildman–Crippen MR) is 147 cm³/mol. The van der Waals surface area contributed by atoms with Gasteiger partial charge in [-0.1, -0.05) is 49.6 Å². The van der Waals surface area contributed by atoms with Crippen LogP contribution >= 0.6 is 0 Å². The van der Waals surface area contributed by atoms with Crippen LogP contribution in [-0.4, -0.2) is 62.2 Å². The molecule has 1 fully saturated rings. The lowest BCUT2D eigenvalue weighted by Gasteiger charge is -2.34. The molecule has 1 aliphatic rings. The highest BCUT2D eigenvalue weighted by molar-refractivity contribution is 7.90. The Hall–Kier alpha value is -2.98. The van der Waals surface area contributed by atoms with Crippen LogP contribution in [0.2, 0.25) is 0 Å². The van der Waals surface area contributed by atoms with Crippen LogP contribution in [0.3, 0.4) is 0 Å². The van der Waals surface area contributed by atoms with Gasteiger partial charge >= 0.3 is 10.2 Å². The number of carbonyl (C=O) groups is 2. The Morgan fingerprint density at radius 1 is 1.05 bits per heavy atom. The van der Waals surface area contributed by atoms with Gasteiger partial charge < -0.3 is 10.2 Å². The third-order valence-corrected chi connectivity index (χ3v) is 8.88. The average molecular weight is 547 g/mol. The molecule has 208 valence electrons. The fourth-order valence-electron chi connectivity index (χ4n) is 4.65. The number of anilines is 1. The lowest BCUT2D eigenvalue weighted by Crippen LogP contribution is -2.54. The molecular formula is C28H39FN4O4S. The van der Waals surface area contributed by atoms with Crippen LogP contribution in [0.1, 0.15) is 55.7 Å². The van der Waals surface area contributed by atoms with Gasteiger partial charge in [-0.15, -0.1) is 0 Å². The van der Waals surface area contributed by atoms with E-state index in [4.69, 9.17) is 0 Å². The molecule has 0 saturated heterocycles. The van der Waals surface area contributed by atoms with Crippen molar-refractivity contribution in [1.29, 1.82) is 0 Å². The summed E-state index contributed by atoms with van der Waals surface area (Å²) in [5.74, 6) is -1.45. The first kappa shape index (κ1) is 29.6. The Morgan fingerprint density at radius 2 is 1.71 bits per heavy atom. The molecule has 0 aromatic heterocycles. The molecule has 2 aromatic carbocycles. The van der Waals surface area contributed by atoms with Crippen molar-refractivity contribution in [2.75, 3.05) is 24.9 Å². The second kappa shape index (κ2) is 12.7. The van der Waals surface area contributed by atoms with Crippen molar-refractivity contribution in [3.05, 3.63) is 65.0 Å². The summed E-state index contributed by atoms with van der Waals surface area (Å²) >= 11 is 0. The molecule has 0 bridgehead atoms. The number of hydrogen-bond acceptors (Lipinski definition) is 4. The van der Waals surface area contributed by atoms with E-state index in [9.17, 15) is 22.4 Å². The van der Waals surface area contributed by atoms with Gasteiger partial charge in [0.1, 0.15) is 18.4 Å². The van der Waals surface area contributed by atoms with Crippen LogP contribution < -0.4 is 9.62 Å². The Bertz CT molecular complexity index is 1250. The lowest BCUT2D eigenvalue weighted by molar-refractivity contribution is -0.139. The fraction of sp³-hybridized carbons (Fsp3) is 0.500. The van der Waals surface area contributed by atoms with E-state index in [1.165, 1.54) is 25.1 Å². The van der Waals surface area contributed by atoms with Crippen molar-refractivity contribution < 1.29 is 22.4 Å². The van der Waals surface area contributed by atoms with Gasteiger partial charge in [0.15, 0.2) is 0 Å². The van der Waals surface area contributed by atoms with E-state index >= 15 is 0 Å². The maximum absolute atomic E-state index is 14.6. The minimum Gasteiger partial charge on any atom is -0.352 e. The van der Waals surface area contributed by atoms with E-state index in [2.05, 4.69) is 5.32 Å². The quantitative estimate of drug-likeness (QED) is 0.489. The molecule has 1 saturated carbocycles. The standard InChI is InChI=1S/C28H39FN4O4S/c1-20-15-16-21(2)26(17-20)33(38(36,37)31(4)5)19-27(34)32(18-23-11-9-10-14-25(23)29)22(3)28(35)30-24-12-7-6-8-13-24/h9-11,14-17,22,24H,6-8,12-13,18-19H2,1-5H3,(H,30,35)/t22-/m0/s1. The molecule has 0 radical (unpaired) electrons. The molecule has 0 aliphatic heterocycles. The largest absolute Gasteiger partial charge is 0.352 e. The maximum Gasteiger partial charge on any atom is 0.304 e. The van der Waals surface area contributed by atoms with Gasteiger partial charge in [-0.3, -0.25) is 9.59 Å². The van der Waals surface area contributed by atoms with Gasteiger partial charge in [-0.2, -0.15) is 12.7 Å². The third-order valence-electron chi connectivity index (χ3n) is 7.07. The van der Waals surface area contributed by atoms with E-state index < -0.39 is 34.5 Å². The van der Waals surface area contributed by atoms with Gasteiger partial charge in [-0.05, 0) is 56.9 Å². The molecule has 10 heteroatoms. The van der Waals surface area contributed by atoms with Crippen molar-refractivity contribution in [2.24, 2.45) is 0 Å². The highest BCUT2D eigenvalue weighted by Gasteiger charge is 2.34. The molecule has 38 heavy (non-hydrogen) atoms. The first-order valence-electron chi connectivity index (χ1n) is 13.0. The summed E-state index contributed by atoms with van der Waals surface area (Å²) in [6, 6.07) is 10.5. The molecule has 0 spiro atoms. The zero-order valence-corrected chi connectivity index (χ0v) is 23.7. The number of nitrogens with zero attached hydrogens (tertiary/aromatic N) is 3. The monoisotopic (exact) mass is 546 g/mol. The van der Waals surface area contributed by atoms with Gasteiger partial charge in [0.05, 0.1) is 5.69 Å². The summed E-state index contributed by atoms with van der Waals surface area (Å²) in [5.41, 5.74) is 2.13. The van der Waals surface area contributed by atoms with Crippen molar-refractivity contribution in [3.8, 4) is 0 Å². The van der Waals surface area contributed by atoms with Crippen LogP contribution in [0.25, 0.3) is 0 Å². The summed E-state index contributed by atoms with van der Waals surface area (Å²) in [7, 11) is -1.27. The van der Waals surface area contributed by atoms with Gasteiger partial charge in [0.2, 0.25) is 11.8 Å².